The van der Waals surface area contributed by atoms with Crippen molar-refractivity contribution >= 4 is 6.03 Å². The van der Waals surface area contributed by atoms with Gasteiger partial charge in [0.05, 0.1) is 6.33 Å². The maximum absolute atomic E-state index is 12.7. The molecule has 0 bridgehead atoms. The molecule has 26 heavy (non-hydrogen) atoms. The third-order valence-corrected chi connectivity index (χ3v) is 4.15. The molecule has 3 aromatic rings. The van der Waals surface area contributed by atoms with Gasteiger partial charge in [-0.25, -0.2) is 9.78 Å². The van der Waals surface area contributed by atoms with Crippen molar-refractivity contribution in [2.75, 3.05) is 6.54 Å². The lowest BCUT2D eigenvalue weighted by molar-refractivity contribution is 0.192. The zero-order valence-electron chi connectivity index (χ0n) is 14.8. The van der Waals surface area contributed by atoms with Gasteiger partial charge in [-0.05, 0) is 17.5 Å². The quantitative estimate of drug-likeness (QED) is 0.631. The SMILES string of the molecule is O=C(NCCCn1ccnc1)N(Cc1ccccc1)Cc1ccccc1. The molecule has 1 N–H and O–H groups in total. The summed E-state index contributed by atoms with van der Waals surface area (Å²) in [7, 11) is 0. The molecule has 0 atom stereocenters. The van der Waals surface area contributed by atoms with Gasteiger partial charge in [0.2, 0.25) is 0 Å². The minimum atomic E-state index is -0.0386. The Bertz CT molecular complexity index is 731. The molecule has 0 saturated heterocycles. The Kier molecular flexibility index (Phi) is 6.42. The van der Waals surface area contributed by atoms with Crippen LogP contribution in [0.4, 0.5) is 4.79 Å². The molecule has 1 heterocycles. The van der Waals surface area contributed by atoms with Gasteiger partial charge in [0.1, 0.15) is 0 Å². The number of carbonyl (C=O) groups is 1. The second-order valence-corrected chi connectivity index (χ2v) is 6.21. The fourth-order valence-corrected chi connectivity index (χ4v) is 2.79. The van der Waals surface area contributed by atoms with Crippen LogP contribution in [0.5, 0.6) is 0 Å². The van der Waals surface area contributed by atoms with Crippen LogP contribution < -0.4 is 5.32 Å². The molecule has 3 rings (SSSR count). The Hall–Kier alpha value is -3.08. The maximum Gasteiger partial charge on any atom is 0.318 e. The Morgan fingerprint density at radius 2 is 1.58 bits per heavy atom. The fraction of sp³-hybridized carbons (Fsp3) is 0.238. The van der Waals surface area contributed by atoms with E-state index in [9.17, 15) is 4.79 Å². The van der Waals surface area contributed by atoms with Crippen molar-refractivity contribution in [1.82, 2.24) is 19.8 Å². The average molecular weight is 348 g/mol. The summed E-state index contributed by atoms with van der Waals surface area (Å²) >= 11 is 0. The van der Waals surface area contributed by atoms with E-state index in [4.69, 9.17) is 0 Å². The molecule has 0 saturated carbocycles. The largest absolute Gasteiger partial charge is 0.338 e. The van der Waals surface area contributed by atoms with E-state index in [0.29, 0.717) is 19.6 Å². The number of benzene rings is 2. The molecule has 5 nitrogen and oxygen atoms in total. The standard InChI is InChI=1S/C21H24N4O/c26-21(23-12-7-14-24-15-13-22-18-24)25(16-19-8-3-1-4-9-19)17-20-10-5-2-6-11-20/h1-6,8-11,13,15,18H,7,12,14,16-17H2,(H,23,26). The molecular formula is C21H24N4O. The van der Waals surface area contributed by atoms with E-state index in [0.717, 1.165) is 24.1 Å². The zero-order valence-corrected chi connectivity index (χ0v) is 14.8. The number of imidazole rings is 1. The lowest BCUT2D eigenvalue weighted by atomic mass is 10.2. The van der Waals surface area contributed by atoms with Crippen LogP contribution in [-0.2, 0) is 19.6 Å². The molecule has 0 radical (unpaired) electrons. The number of nitrogens with one attached hydrogen (secondary N) is 1. The highest BCUT2D eigenvalue weighted by Gasteiger charge is 2.14. The van der Waals surface area contributed by atoms with Crippen molar-refractivity contribution in [3.05, 3.63) is 90.5 Å². The summed E-state index contributed by atoms with van der Waals surface area (Å²) in [5.41, 5.74) is 2.24. The number of hydrogen-bond donors (Lipinski definition) is 1. The number of carbonyl (C=O) groups excluding carboxylic acids is 1. The van der Waals surface area contributed by atoms with Gasteiger partial charge in [-0.3, -0.25) is 0 Å². The molecule has 134 valence electrons. The summed E-state index contributed by atoms with van der Waals surface area (Å²) < 4.78 is 2.01. The van der Waals surface area contributed by atoms with E-state index in [1.807, 2.05) is 76.3 Å². The van der Waals surface area contributed by atoms with Crippen LogP contribution >= 0.6 is 0 Å². The summed E-state index contributed by atoms with van der Waals surface area (Å²) in [5.74, 6) is 0. The number of amides is 2. The summed E-state index contributed by atoms with van der Waals surface area (Å²) in [5, 5.41) is 3.04. The van der Waals surface area contributed by atoms with Crippen LogP contribution in [0.15, 0.2) is 79.4 Å². The molecular weight excluding hydrogens is 324 g/mol. The Morgan fingerprint density at radius 1 is 0.962 bits per heavy atom. The van der Waals surface area contributed by atoms with Crippen LogP contribution in [0.3, 0.4) is 0 Å². The van der Waals surface area contributed by atoms with E-state index < -0.39 is 0 Å². The average Bonchev–Trinajstić information content (AvgIpc) is 3.20. The second kappa shape index (κ2) is 9.42. The van der Waals surface area contributed by atoms with Gasteiger partial charge in [-0.15, -0.1) is 0 Å². The van der Waals surface area contributed by atoms with Crippen LogP contribution in [0, 0.1) is 0 Å². The van der Waals surface area contributed by atoms with E-state index in [1.165, 1.54) is 0 Å². The number of aromatic nitrogens is 2. The van der Waals surface area contributed by atoms with Gasteiger partial charge in [0.15, 0.2) is 0 Å². The zero-order chi connectivity index (χ0) is 18.0. The molecule has 0 aliphatic rings. The monoisotopic (exact) mass is 348 g/mol. The van der Waals surface area contributed by atoms with Crippen molar-refractivity contribution in [2.24, 2.45) is 0 Å². The number of urea groups is 1. The number of nitrogens with zero attached hydrogens (tertiary/aromatic N) is 3. The molecule has 2 aromatic carbocycles. The fourth-order valence-electron chi connectivity index (χ4n) is 2.79. The first kappa shape index (κ1) is 17.7. The molecule has 0 aliphatic heterocycles. The number of aryl methyl sites for hydroxylation is 1. The van der Waals surface area contributed by atoms with Crippen molar-refractivity contribution in [3.63, 3.8) is 0 Å². The normalized spacial score (nSPS) is 10.5. The highest BCUT2D eigenvalue weighted by atomic mass is 16.2. The van der Waals surface area contributed by atoms with Crippen molar-refractivity contribution < 1.29 is 4.79 Å². The molecule has 1 aromatic heterocycles. The van der Waals surface area contributed by atoms with Gasteiger partial charge >= 0.3 is 6.03 Å². The Balaban J connectivity index is 1.57. The number of rotatable bonds is 8. The summed E-state index contributed by atoms with van der Waals surface area (Å²) in [4.78, 5) is 18.6. The van der Waals surface area contributed by atoms with Gasteiger partial charge in [-0.1, -0.05) is 60.7 Å². The summed E-state index contributed by atoms with van der Waals surface area (Å²) in [6.07, 6.45) is 6.35. The maximum atomic E-state index is 12.7. The third-order valence-electron chi connectivity index (χ3n) is 4.15. The van der Waals surface area contributed by atoms with Crippen LogP contribution in [0.25, 0.3) is 0 Å². The van der Waals surface area contributed by atoms with Crippen LogP contribution in [0.2, 0.25) is 0 Å². The molecule has 0 unspecified atom stereocenters. The lowest BCUT2D eigenvalue weighted by Gasteiger charge is -2.23. The Morgan fingerprint density at radius 3 is 2.12 bits per heavy atom. The topological polar surface area (TPSA) is 50.2 Å². The number of hydrogen-bond acceptors (Lipinski definition) is 2. The first-order valence-electron chi connectivity index (χ1n) is 8.87. The first-order valence-corrected chi connectivity index (χ1v) is 8.87. The van der Waals surface area contributed by atoms with Crippen LogP contribution in [-0.4, -0.2) is 27.0 Å². The van der Waals surface area contributed by atoms with Crippen molar-refractivity contribution in [2.45, 2.75) is 26.1 Å². The predicted molar refractivity (Wildman–Crippen MR) is 102 cm³/mol. The second-order valence-electron chi connectivity index (χ2n) is 6.21. The van der Waals surface area contributed by atoms with Crippen LogP contribution in [0.1, 0.15) is 17.5 Å². The summed E-state index contributed by atoms with van der Waals surface area (Å²) in [6, 6.07) is 20.1. The first-order chi connectivity index (χ1) is 12.8. The predicted octanol–water partition coefficient (Wildman–Crippen LogP) is 3.69. The van der Waals surface area contributed by atoms with Gasteiger partial charge < -0.3 is 14.8 Å². The highest BCUT2D eigenvalue weighted by molar-refractivity contribution is 5.74. The Labute approximate surface area is 154 Å². The smallest absolute Gasteiger partial charge is 0.318 e. The molecule has 2 amide bonds. The third kappa shape index (κ3) is 5.48. The highest BCUT2D eigenvalue weighted by Crippen LogP contribution is 2.10. The van der Waals surface area contributed by atoms with E-state index >= 15 is 0 Å². The van der Waals surface area contributed by atoms with E-state index in [2.05, 4.69) is 10.3 Å². The van der Waals surface area contributed by atoms with Crippen molar-refractivity contribution in [1.29, 1.82) is 0 Å². The molecule has 5 heteroatoms. The molecule has 0 spiro atoms. The molecule has 0 fully saturated rings. The minimum Gasteiger partial charge on any atom is -0.338 e. The van der Waals surface area contributed by atoms with E-state index in [-0.39, 0.29) is 6.03 Å². The molecule has 0 aliphatic carbocycles. The lowest BCUT2D eigenvalue weighted by Crippen LogP contribution is -2.39. The van der Waals surface area contributed by atoms with Gasteiger partial charge in [0, 0.05) is 38.6 Å². The van der Waals surface area contributed by atoms with Crippen molar-refractivity contribution in [3.8, 4) is 0 Å². The van der Waals surface area contributed by atoms with Gasteiger partial charge in [0.25, 0.3) is 0 Å². The summed E-state index contributed by atoms with van der Waals surface area (Å²) in [6.45, 7) is 2.65. The van der Waals surface area contributed by atoms with Gasteiger partial charge in [-0.2, -0.15) is 0 Å². The van der Waals surface area contributed by atoms with E-state index in [1.54, 1.807) is 12.5 Å². The minimum absolute atomic E-state index is 0.0386.